The standard InChI is InChI=1S/C18H20ClNOS/c1-12-7-13(2)9-15(8-12)10-22-11-18(21)20-17-6-4-5-16(19)14(17)3/h4-9H,10-11H2,1-3H3,(H,20,21). The first-order valence-electron chi connectivity index (χ1n) is 7.15. The van der Waals surface area contributed by atoms with Crippen molar-refractivity contribution in [2.45, 2.75) is 26.5 Å². The van der Waals surface area contributed by atoms with Crippen molar-refractivity contribution in [3.8, 4) is 0 Å². The zero-order chi connectivity index (χ0) is 16.1. The molecule has 0 aromatic heterocycles. The fraction of sp³-hybridized carbons (Fsp3) is 0.278. The molecule has 1 amide bonds. The van der Waals surface area contributed by atoms with Crippen molar-refractivity contribution in [3.63, 3.8) is 0 Å². The highest BCUT2D eigenvalue weighted by atomic mass is 35.5. The molecule has 0 bridgehead atoms. The lowest BCUT2D eigenvalue weighted by molar-refractivity contribution is -0.113. The van der Waals surface area contributed by atoms with E-state index in [0.29, 0.717) is 10.8 Å². The molecule has 22 heavy (non-hydrogen) atoms. The third kappa shape index (κ3) is 4.79. The number of hydrogen-bond donors (Lipinski definition) is 1. The molecule has 0 aliphatic heterocycles. The molecular formula is C18H20ClNOS. The van der Waals surface area contributed by atoms with Crippen LogP contribution in [0, 0.1) is 20.8 Å². The normalized spacial score (nSPS) is 10.5. The molecule has 2 rings (SSSR count). The van der Waals surface area contributed by atoms with Crippen LogP contribution in [0.1, 0.15) is 22.3 Å². The number of aryl methyl sites for hydroxylation is 2. The molecular weight excluding hydrogens is 314 g/mol. The topological polar surface area (TPSA) is 29.1 Å². The Hall–Kier alpha value is -1.45. The molecule has 2 nitrogen and oxygen atoms in total. The smallest absolute Gasteiger partial charge is 0.234 e. The van der Waals surface area contributed by atoms with Crippen LogP contribution in [-0.4, -0.2) is 11.7 Å². The molecule has 4 heteroatoms. The van der Waals surface area contributed by atoms with Gasteiger partial charge in [0.15, 0.2) is 0 Å². The van der Waals surface area contributed by atoms with Gasteiger partial charge in [0.2, 0.25) is 5.91 Å². The second-order valence-corrected chi connectivity index (χ2v) is 6.84. The first kappa shape index (κ1) is 16.9. The van der Waals surface area contributed by atoms with Crippen LogP contribution >= 0.6 is 23.4 Å². The molecule has 1 N–H and O–H groups in total. The number of nitrogens with one attached hydrogen (secondary N) is 1. The first-order valence-corrected chi connectivity index (χ1v) is 8.69. The summed E-state index contributed by atoms with van der Waals surface area (Å²) in [6.07, 6.45) is 0. The van der Waals surface area contributed by atoms with Crippen LogP contribution in [0.4, 0.5) is 5.69 Å². The average Bonchev–Trinajstić information content (AvgIpc) is 2.43. The van der Waals surface area contributed by atoms with E-state index in [0.717, 1.165) is 17.0 Å². The lowest BCUT2D eigenvalue weighted by Crippen LogP contribution is -2.15. The molecule has 0 unspecified atom stereocenters. The molecule has 0 saturated heterocycles. The van der Waals surface area contributed by atoms with E-state index >= 15 is 0 Å². The molecule has 2 aromatic carbocycles. The van der Waals surface area contributed by atoms with E-state index in [4.69, 9.17) is 11.6 Å². The van der Waals surface area contributed by atoms with Crippen molar-refractivity contribution in [1.82, 2.24) is 0 Å². The number of thioether (sulfide) groups is 1. The molecule has 0 fully saturated rings. The zero-order valence-corrected chi connectivity index (χ0v) is 14.6. The van der Waals surface area contributed by atoms with Gasteiger partial charge in [-0.15, -0.1) is 11.8 Å². The van der Waals surface area contributed by atoms with Crippen LogP contribution < -0.4 is 5.32 Å². The largest absolute Gasteiger partial charge is 0.325 e. The van der Waals surface area contributed by atoms with Gasteiger partial charge < -0.3 is 5.32 Å². The molecule has 0 saturated carbocycles. The number of carbonyl (C=O) groups is 1. The molecule has 0 aliphatic rings. The summed E-state index contributed by atoms with van der Waals surface area (Å²) >= 11 is 7.67. The molecule has 2 aromatic rings. The van der Waals surface area contributed by atoms with Crippen LogP contribution in [0.15, 0.2) is 36.4 Å². The maximum atomic E-state index is 12.0. The summed E-state index contributed by atoms with van der Waals surface area (Å²) in [5.74, 6) is 1.27. The maximum Gasteiger partial charge on any atom is 0.234 e. The zero-order valence-electron chi connectivity index (χ0n) is 13.1. The molecule has 0 spiro atoms. The second-order valence-electron chi connectivity index (χ2n) is 5.45. The summed E-state index contributed by atoms with van der Waals surface area (Å²) in [6.45, 7) is 6.09. The van der Waals surface area contributed by atoms with E-state index in [9.17, 15) is 4.79 Å². The van der Waals surface area contributed by atoms with Crippen molar-refractivity contribution < 1.29 is 4.79 Å². The van der Waals surface area contributed by atoms with Gasteiger partial charge in [0.25, 0.3) is 0 Å². The Kier molecular flexibility index (Phi) is 5.92. The van der Waals surface area contributed by atoms with Crippen LogP contribution in [0.5, 0.6) is 0 Å². The lowest BCUT2D eigenvalue weighted by Gasteiger charge is -2.09. The van der Waals surface area contributed by atoms with Gasteiger partial charge in [0.05, 0.1) is 5.75 Å². The lowest BCUT2D eigenvalue weighted by atomic mass is 10.1. The van der Waals surface area contributed by atoms with Gasteiger partial charge in [-0.3, -0.25) is 4.79 Å². The predicted octanol–water partition coefficient (Wildman–Crippen LogP) is 5.14. The minimum absolute atomic E-state index is 0.000239. The van der Waals surface area contributed by atoms with Gasteiger partial charge in [0, 0.05) is 16.5 Å². The van der Waals surface area contributed by atoms with E-state index in [1.807, 2.05) is 25.1 Å². The molecule has 116 valence electrons. The second kappa shape index (κ2) is 7.70. The van der Waals surface area contributed by atoms with Crippen molar-refractivity contribution in [1.29, 1.82) is 0 Å². The summed E-state index contributed by atoms with van der Waals surface area (Å²) in [7, 11) is 0. The molecule has 0 atom stereocenters. The van der Waals surface area contributed by atoms with E-state index in [2.05, 4.69) is 37.4 Å². The van der Waals surface area contributed by atoms with E-state index in [-0.39, 0.29) is 5.91 Å². The van der Waals surface area contributed by atoms with Gasteiger partial charge in [-0.2, -0.15) is 0 Å². The predicted molar refractivity (Wildman–Crippen MR) is 96.9 cm³/mol. The SMILES string of the molecule is Cc1cc(C)cc(CSCC(=O)Nc2cccc(Cl)c2C)c1. The Morgan fingerprint density at radius 3 is 2.50 bits per heavy atom. The summed E-state index contributed by atoms with van der Waals surface area (Å²) in [5.41, 5.74) is 5.46. The fourth-order valence-corrected chi connectivity index (χ4v) is 3.28. The Morgan fingerprint density at radius 2 is 1.82 bits per heavy atom. The van der Waals surface area contributed by atoms with Gasteiger partial charge in [-0.1, -0.05) is 47.0 Å². The monoisotopic (exact) mass is 333 g/mol. The highest BCUT2D eigenvalue weighted by Crippen LogP contribution is 2.23. The minimum Gasteiger partial charge on any atom is -0.325 e. The number of halogens is 1. The summed E-state index contributed by atoms with van der Waals surface area (Å²) in [5, 5.41) is 3.58. The van der Waals surface area contributed by atoms with Crippen LogP contribution in [0.25, 0.3) is 0 Å². The number of rotatable bonds is 5. The molecule has 0 heterocycles. The summed E-state index contributed by atoms with van der Waals surface area (Å²) in [6, 6.07) is 12.0. The Balaban J connectivity index is 1.86. The highest BCUT2D eigenvalue weighted by molar-refractivity contribution is 7.99. The van der Waals surface area contributed by atoms with Crippen LogP contribution in [-0.2, 0) is 10.5 Å². The van der Waals surface area contributed by atoms with Gasteiger partial charge in [-0.05, 0) is 44.0 Å². The first-order chi connectivity index (χ1) is 10.5. The molecule has 0 aliphatic carbocycles. The fourth-order valence-electron chi connectivity index (χ4n) is 2.34. The van der Waals surface area contributed by atoms with Crippen molar-refractivity contribution in [2.75, 3.05) is 11.1 Å². The number of amides is 1. The van der Waals surface area contributed by atoms with Gasteiger partial charge in [-0.25, -0.2) is 0 Å². The number of benzene rings is 2. The van der Waals surface area contributed by atoms with Gasteiger partial charge in [0.1, 0.15) is 0 Å². The average molecular weight is 334 g/mol. The number of hydrogen-bond acceptors (Lipinski definition) is 2. The minimum atomic E-state index is -0.000239. The van der Waals surface area contributed by atoms with Gasteiger partial charge >= 0.3 is 0 Å². The van der Waals surface area contributed by atoms with E-state index in [1.54, 1.807) is 11.8 Å². The van der Waals surface area contributed by atoms with Crippen molar-refractivity contribution in [3.05, 3.63) is 63.7 Å². The highest BCUT2D eigenvalue weighted by Gasteiger charge is 2.07. The molecule has 0 radical (unpaired) electrons. The van der Waals surface area contributed by atoms with Crippen LogP contribution in [0.3, 0.4) is 0 Å². The summed E-state index contributed by atoms with van der Waals surface area (Å²) in [4.78, 5) is 12.0. The van der Waals surface area contributed by atoms with Crippen LogP contribution in [0.2, 0.25) is 5.02 Å². The Morgan fingerprint density at radius 1 is 1.14 bits per heavy atom. The third-order valence-corrected chi connectivity index (χ3v) is 4.74. The Labute approximate surface area is 141 Å². The summed E-state index contributed by atoms with van der Waals surface area (Å²) < 4.78 is 0. The third-order valence-electron chi connectivity index (χ3n) is 3.33. The van der Waals surface area contributed by atoms with Crippen molar-refractivity contribution >= 4 is 35.0 Å². The number of carbonyl (C=O) groups excluding carboxylic acids is 1. The Bertz CT molecular complexity index is 665. The maximum absolute atomic E-state index is 12.0. The number of anilines is 1. The van der Waals surface area contributed by atoms with E-state index in [1.165, 1.54) is 16.7 Å². The van der Waals surface area contributed by atoms with Crippen molar-refractivity contribution in [2.24, 2.45) is 0 Å². The van der Waals surface area contributed by atoms with E-state index < -0.39 is 0 Å². The quantitative estimate of drug-likeness (QED) is 0.821.